The van der Waals surface area contributed by atoms with Crippen molar-refractivity contribution in [3.8, 4) is 17.2 Å². The van der Waals surface area contributed by atoms with Gasteiger partial charge in [-0.2, -0.15) is 0 Å². The van der Waals surface area contributed by atoms with E-state index < -0.39 is 0 Å². The zero-order chi connectivity index (χ0) is 21.9. The predicted molar refractivity (Wildman–Crippen MR) is 117 cm³/mol. The van der Waals surface area contributed by atoms with E-state index in [0.717, 1.165) is 5.69 Å². The number of nitrogens with one attached hydrogen (secondary N) is 1. The van der Waals surface area contributed by atoms with Crippen molar-refractivity contribution in [1.82, 2.24) is 15.1 Å². The summed E-state index contributed by atoms with van der Waals surface area (Å²) in [6.07, 6.45) is 3.26. The largest absolute Gasteiger partial charge is 0.487 e. The summed E-state index contributed by atoms with van der Waals surface area (Å²) in [5.41, 5.74) is 3.13. The summed E-state index contributed by atoms with van der Waals surface area (Å²) in [5, 5.41) is 7.43. The molecule has 0 spiro atoms. The van der Waals surface area contributed by atoms with Gasteiger partial charge in [0.25, 0.3) is 11.6 Å². The number of carbonyl (C=O) groups is 1. The van der Waals surface area contributed by atoms with Crippen LogP contribution in [0.15, 0.2) is 82.1 Å². The zero-order valence-electron chi connectivity index (χ0n) is 17.1. The van der Waals surface area contributed by atoms with Crippen molar-refractivity contribution >= 4 is 22.7 Å². The molecule has 4 heterocycles. The van der Waals surface area contributed by atoms with Crippen LogP contribution in [0, 0.1) is 6.92 Å². The number of hydrogen-bond acceptors (Lipinski definition) is 7. The summed E-state index contributed by atoms with van der Waals surface area (Å²) in [4.78, 5) is 21.9. The van der Waals surface area contributed by atoms with Crippen molar-refractivity contribution in [3.05, 3.63) is 90.1 Å². The van der Waals surface area contributed by atoms with Gasteiger partial charge in [-0.1, -0.05) is 17.3 Å². The highest BCUT2D eigenvalue weighted by atomic mass is 16.5. The van der Waals surface area contributed by atoms with Crippen LogP contribution in [0.3, 0.4) is 0 Å². The summed E-state index contributed by atoms with van der Waals surface area (Å²) < 4.78 is 16.5. The molecule has 0 unspecified atom stereocenters. The van der Waals surface area contributed by atoms with Gasteiger partial charge in [-0.25, -0.2) is 4.98 Å². The normalized spacial score (nSPS) is 10.9. The molecule has 5 aromatic rings. The van der Waals surface area contributed by atoms with E-state index in [1.165, 1.54) is 0 Å². The van der Waals surface area contributed by atoms with Gasteiger partial charge in [-0.3, -0.25) is 9.78 Å². The van der Waals surface area contributed by atoms with Crippen molar-refractivity contribution in [3.63, 3.8) is 0 Å². The second-order valence-corrected chi connectivity index (χ2v) is 7.07. The molecule has 0 bridgehead atoms. The number of benzene rings is 1. The highest BCUT2D eigenvalue weighted by Crippen LogP contribution is 2.28. The van der Waals surface area contributed by atoms with Crippen LogP contribution in [0.1, 0.15) is 21.7 Å². The fourth-order valence-electron chi connectivity index (χ4n) is 3.33. The number of fused-ring (bicyclic) bond motifs is 1. The van der Waals surface area contributed by atoms with E-state index in [4.69, 9.17) is 13.7 Å². The Morgan fingerprint density at radius 3 is 2.84 bits per heavy atom. The number of pyridine rings is 2. The van der Waals surface area contributed by atoms with Gasteiger partial charge in [-0.05, 0) is 49.4 Å². The second-order valence-electron chi connectivity index (χ2n) is 7.07. The molecule has 0 aliphatic carbocycles. The van der Waals surface area contributed by atoms with E-state index in [-0.39, 0.29) is 11.6 Å². The van der Waals surface area contributed by atoms with Gasteiger partial charge >= 0.3 is 0 Å². The molecule has 158 valence electrons. The Bertz CT molecular complexity index is 1380. The summed E-state index contributed by atoms with van der Waals surface area (Å²) in [7, 11) is 0. The molecule has 1 aromatic carbocycles. The lowest BCUT2D eigenvalue weighted by Crippen LogP contribution is -2.13. The van der Waals surface area contributed by atoms with Crippen LogP contribution in [0.5, 0.6) is 5.75 Å². The number of aromatic nitrogens is 3. The molecule has 1 amide bonds. The SMILES string of the molecule is Cc1noc2nc(-c3ccco3)cc(C(=O)Nc3cccc(OCc4ccccn4)c3)c12. The van der Waals surface area contributed by atoms with E-state index in [2.05, 4.69) is 20.4 Å². The van der Waals surface area contributed by atoms with Crippen LogP contribution < -0.4 is 10.1 Å². The summed E-state index contributed by atoms with van der Waals surface area (Å²) in [6.45, 7) is 2.10. The van der Waals surface area contributed by atoms with Gasteiger partial charge in [-0.15, -0.1) is 0 Å². The number of furan rings is 1. The Hall–Kier alpha value is -4.46. The fraction of sp³-hybridized carbons (Fsp3) is 0.0833. The number of ether oxygens (including phenoxy) is 1. The molecule has 0 fully saturated rings. The van der Waals surface area contributed by atoms with Crippen LogP contribution in [0.4, 0.5) is 5.69 Å². The fourth-order valence-corrected chi connectivity index (χ4v) is 3.33. The third-order valence-electron chi connectivity index (χ3n) is 4.84. The highest BCUT2D eigenvalue weighted by Gasteiger charge is 2.20. The number of aryl methyl sites for hydroxylation is 1. The molecule has 0 atom stereocenters. The lowest BCUT2D eigenvalue weighted by molar-refractivity contribution is 0.102. The Morgan fingerprint density at radius 2 is 2.03 bits per heavy atom. The summed E-state index contributed by atoms with van der Waals surface area (Å²) in [5.74, 6) is 0.823. The number of hydrogen-bond donors (Lipinski definition) is 1. The van der Waals surface area contributed by atoms with E-state index in [1.54, 1.807) is 49.7 Å². The molecule has 32 heavy (non-hydrogen) atoms. The van der Waals surface area contributed by atoms with Gasteiger partial charge in [0.2, 0.25) is 0 Å². The Labute approximate surface area is 182 Å². The first-order valence-corrected chi connectivity index (χ1v) is 9.92. The summed E-state index contributed by atoms with van der Waals surface area (Å²) >= 11 is 0. The van der Waals surface area contributed by atoms with E-state index in [9.17, 15) is 4.79 Å². The molecule has 0 saturated carbocycles. The first-order chi connectivity index (χ1) is 15.7. The maximum Gasteiger partial charge on any atom is 0.259 e. The number of amides is 1. The Balaban J connectivity index is 1.41. The topological polar surface area (TPSA) is 103 Å². The van der Waals surface area contributed by atoms with Crippen molar-refractivity contribution < 1.29 is 18.5 Å². The van der Waals surface area contributed by atoms with Crippen LogP contribution in [-0.4, -0.2) is 21.0 Å². The molecule has 8 nitrogen and oxygen atoms in total. The van der Waals surface area contributed by atoms with Gasteiger partial charge in [0, 0.05) is 18.0 Å². The number of nitrogens with zero attached hydrogens (tertiary/aromatic N) is 3. The van der Waals surface area contributed by atoms with Gasteiger partial charge < -0.3 is 19.0 Å². The average Bonchev–Trinajstić information content (AvgIpc) is 3.49. The smallest absolute Gasteiger partial charge is 0.259 e. The molecule has 4 aromatic heterocycles. The number of rotatable bonds is 6. The molecule has 0 aliphatic heterocycles. The minimum Gasteiger partial charge on any atom is -0.487 e. The lowest BCUT2D eigenvalue weighted by atomic mass is 10.1. The molecular formula is C24H18N4O4. The first kappa shape index (κ1) is 19.5. The Kier molecular flexibility index (Phi) is 5.09. The Morgan fingerprint density at radius 1 is 1.09 bits per heavy atom. The molecule has 8 heteroatoms. The maximum absolute atomic E-state index is 13.2. The van der Waals surface area contributed by atoms with Gasteiger partial charge in [0.15, 0.2) is 5.76 Å². The van der Waals surface area contributed by atoms with Gasteiger partial charge in [0.05, 0.1) is 28.6 Å². The number of carbonyl (C=O) groups excluding carboxylic acids is 1. The molecule has 0 aliphatic rings. The number of anilines is 1. The third-order valence-corrected chi connectivity index (χ3v) is 4.84. The molecular weight excluding hydrogens is 408 g/mol. The van der Waals surface area contributed by atoms with Crippen molar-refractivity contribution in [2.45, 2.75) is 13.5 Å². The first-order valence-electron chi connectivity index (χ1n) is 9.92. The van der Waals surface area contributed by atoms with E-state index in [1.807, 2.05) is 30.3 Å². The minimum absolute atomic E-state index is 0.272. The second kappa shape index (κ2) is 8.35. The molecule has 1 N–H and O–H groups in total. The molecule has 0 saturated heterocycles. The predicted octanol–water partition coefficient (Wildman–Crippen LogP) is 5.02. The highest BCUT2D eigenvalue weighted by molar-refractivity contribution is 6.13. The molecule has 5 rings (SSSR count). The van der Waals surface area contributed by atoms with Crippen molar-refractivity contribution in [1.29, 1.82) is 0 Å². The van der Waals surface area contributed by atoms with Crippen LogP contribution in [0.2, 0.25) is 0 Å². The lowest BCUT2D eigenvalue weighted by Gasteiger charge is -2.10. The van der Waals surface area contributed by atoms with Crippen LogP contribution >= 0.6 is 0 Å². The maximum atomic E-state index is 13.2. The van der Waals surface area contributed by atoms with Crippen LogP contribution in [-0.2, 0) is 6.61 Å². The van der Waals surface area contributed by atoms with E-state index >= 15 is 0 Å². The van der Waals surface area contributed by atoms with Crippen molar-refractivity contribution in [2.75, 3.05) is 5.32 Å². The average molecular weight is 426 g/mol. The zero-order valence-corrected chi connectivity index (χ0v) is 17.1. The quantitative estimate of drug-likeness (QED) is 0.407. The summed E-state index contributed by atoms with van der Waals surface area (Å²) in [6, 6.07) is 18.0. The van der Waals surface area contributed by atoms with Gasteiger partial charge in [0.1, 0.15) is 18.1 Å². The van der Waals surface area contributed by atoms with Crippen molar-refractivity contribution in [2.24, 2.45) is 0 Å². The standard InChI is InChI=1S/C24H18N4O4/c1-15-22-19(13-20(21-9-5-11-30-21)27-24(22)32-28-15)23(29)26-16-7-4-8-18(12-16)31-14-17-6-2-3-10-25-17/h2-13H,14H2,1H3,(H,26,29). The van der Waals surface area contributed by atoms with E-state index in [0.29, 0.717) is 46.1 Å². The monoisotopic (exact) mass is 426 g/mol. The molecule has 0 radical (unpaired) electrons. The van der Waals surface area contributed by atoms with Crippen LogP contribution in [0.25, 0.3) is 22.6 Å². The minimum atomic E-state index is -0.321. The third kappa shape index (κ3) is 3.93.